The maximum absolute atomic E-state index is 12.3. The van der Waals surface area contributed by atoms with E-state index in [4.69, 9.17) is 4.74 Å². The van der Waals surface area contributed by atoms with E-state index in [9.17, 15) is 18.0 Å². The van der Waals surface area contributed by atoms with Crippen LogP contribution in [0.3, 0.4) is 0 Å². The van der Waals surface area contributed by atoms with Gasteiger partial charge in [0.15, 0.2) is 0 Å². The predicted molar refractivity (Wildman–Crippen MR) is 70.9 cm³/mol. The summed E-state index contributed by atoms with van der Waals surface area (Å²) in [6, 6.07) is 3.43. The van der Waals surface area contributed by atoms with Crippen molar-refractivity contribution in [1.29, 1.82) is 0 Å². The van der Waals surface area contributed by atoms with E-state index >= 15 is 0 Å². The lowest BCUT2D eigenvalue weighted by atomic mass is 9.98. The first-order valence-electron chi connectivity index (χ1n) is 6.93. The van der Waals surface area contributed by atoms with Crippen LogP contribution in [0.2, 0.25) is 0 Å². The van der Waals surface area contributed by atoms with Gasteiger partial charge >= 0.3 is 12.1 Å². The topological polar surface area (TPSA) is 34.5 Å². The van der Waals surface area contributed by atoms with Crippen LogP contribution in [0.1, 0.15) is 23.3 Å². The summed E-state index contributed by atoms with van der Waals surface area (Å²) in [4.78, 5) is 13.2. The molecule has 1 saturated heterocycles. The molecule has 0 saturated carbocycles. The molecule has 4 nitrogen and oxygen atoms in total. The van der Waals surface area contributed by atoms with Crippen LogP contribution in [-0.2, 0) is 11.8 Å². The Hall–Kier alpha value is -1.50. The Kier molecular flexibility index (Phi) is 4.92. The molecular weight excluding hydrogens is 285 g/mol. The molecular formula is C14H19F3N2O2. The van der Waals surface area contributed by atoms with Gasteiger partial charge in [-0.2, -0.15) is 13.2 Å². The first kappa shape index (κ1) is 15.9. The number of esters is 1. The lowest BCUT2D eigenvalue weighted by molar-refractivity contribution is -0.148. The van der Waals surface area contributed by atoms with Crippen LogP contribution in [0.15, 0.2) is 18.3 Å². The molecule has 0 spiro atoms. The van der Waals surface area contributed by atoms with E-state index in [1.54, 1.807) is 29.9 Å². The fraction of sp³-hybridized carbons (Fsp3) is 0.643. The molecule has 1 aliphatic rings. The number of carbonyl (C=O) groups excluding carboxylic acids is 1. The molecule has 0 radical (unpaired) electrons. The molecule has 1 aromatic rings. The van der Waals surface area contributed by atoms with Gasteiger partial charge in [-0.25, -0.2) is 4.79 Å². The Morgan fingerprint density at radius 2 is 2.05 bits per heavy atom. The Labute approximate surface area is 121 Å². The highest BCUT2D eigenvalue weighted by atomic mass is 19.4. The zero-order chi connectivity index (χ0) is 15.5. The number of alkyl halides is 3. The van der Waals surface area contributed by atoms with Crippen molar-refractivity contribution in [2.45, 2.75) is 19.0 Å². The summed E-state index contributed by atoms with van der Waals surface area (Å²) in [5.74, 6) is -0.251. The third-order valence-electron chi connectivity index (χ3n) is 3.71. The average molecular weight is 304 g/mol. The summed E-state index contributed by atoms with van der Waals surface area (Å²) in [5.41, 5.74) is 0.476. The summed E-state index contributed by atoms with van der Waals surface area (Å²) >= 11 is 0. The number of aryl methyl sites for hydroxylation is 1. The Bertz CT molecular complexity index is 477. The first-order valence-corrected chi connectivity index (χ1v) is 6.93. The molecule has 0 amide bonds. The second-order valence-corrected chi connectivity index (χ2v) is 5.44. The van der Waals surface area contributed by atoms with Crippen molar-refractivity contribution >= 4 is 5.97 Å². The first-order chi connectivity index (χ1) is 9.85. The van der Waals surface area contributed by atoms with Crippen LogP contribution in [0.5, 0.6) is 0 Å². The smallest absolute Gasteiger partial charge is 0.401 e. The van der Waals surface area contributed by atoms with Gasteiger partial charge in [0.2, 0.25) is 0 Å². The van der Waals surface area contributed by atoms with Crippen LogP contribution in [0.4, 0.5) is 13.2 Å². The lowest BCUT2D eigenvalue weighted by Gasteiger charge is -2.31. The monoisotopic (exact) mass is 304 g/mol. The van der Waals surface area contributed by atoms with Crippen LogP contribution in [0.25, 0.3) is 0 Å². The second-order valence-electron chi connectivity index (χ2n) is 5.44. The van der Waals surface area contributed by atoms with E-state index in [0.717, 1.165) is 0 Å². The summed E-state index contributed by atoms with van der Waals surface area (Å²) < 4.78 is 43.7. The molecule has 2 rings (SSSR count). The van der Waals surface area contributed by atoms with Gasteiger partial charge in [0.25, 0.3) is 0 Å². The molecule has 0 aromatic carbocycles. The number of likely N-dealkylation sites (tertiary alicyclic amines) is 1. The quantitative estimate of drug-likeness (QED) is 0.801. The number of nitrogens with zero attached hydrogens (tertiary/aromatic N) is 2. The summed E-state index contributed by atoms with van der Waals surface area (Å²) in [6.45, 7) is 0.199. The summed E-state index contributed by atoms with van der Waals surface area (Å²) in [5, 5.41) is 0. The van der Waals surface area contributed by atoms with E-state index < -0.39 is 12.7 Å². The fourth-order valence-electron chi connectivity index (χ4n) is 2.51. The maximum atomic E-state index is 12.3. The van der Waals surface area contributed by atoms with Gasteiger partial charge in [-0.05, 0) is 44.0 Å². The molecule has 0 aliphatic carbocycles. The minimum absolute atomic E-state index is 0.138. The molecule has 1 fully saturated rings. The number of aromatic nitrogens is 1. The SMILES string of the molecule is Cn1cccc1C(=O)OCC1CCN(CC(F)(F)F)CC1. The zero-order valence-corrected chi connectivity index (χ0v) is 11.9. The van der Waals surface area contributed by atoms with E-state index in [1.165, 1.54) is 4.90 Å². The number of hydrogen-bond acceptors (Lipinski definition) is 3. The van der Waals surface area contributed by atoms with Crippen molar-refractivity contribution in [2.24, 2.45) is 13.0 Å². The van der Waals surface area contributed by atoms with Crippen molar-refractivity contribution in [3.8, 4) is 0 Å². The predicted octanol–water partition coefficient (Wildman–Crippen LogP) is 2.46. The van der Waals surface area contributed by atoms with Crippen molar-refractivity contribution in [2.75, 3.05) is 26.2 Å². The van der Waals surface area contributed by atoms with Crippen molar-refractivity contribution in [1.82, 2.24) is 9.47 Å². The molecule has 1 aromatic heterocycles. The number of halogens is 3. The van der Waals surface area contributed by atoms with Crippen molar-refractivity contribution < 1.29 is 22.7 Å². The minimum atomic E-state index is -4.15. The van der Waals surface area contributed by atoms with E-state index in [1.807, 2.05) is 0 Å². The lowest BCUT2D eigenvalue weighted by Crippen LogP contribution is -2.41. The van der Waals surface area contributed by atoms with Gasteiger partial charge in [0.05, 0.1) is 13.2 Å². The van der Waals surface area contributed by atoms with Gasteiger partial charge in [-0.1, -0.05) is 0 Å². The highest BCUT2D eigenvalue weighted by Gasteiger charge is 2.32. The third kappa shape index (κ3) is 4.77. The van der Waals surface area contributed by atoms with Gasteiger partial charge in [0, 0.05) is 13.2 Å². The number of carbonyl (C=O) groups is 1. The van der Waals surface area contributed by atoms with Crippen molar-refractivity contribution in [3.63, 3.8) is 0 Å². The van der Waals surface area contributed by atoms with Crippen LogP contribution < -0.4 is 0 Å². The number of piperidine rings is 1. The molecule has 7 heteroatoms. The molecule has 0 N–H and O–H groups in total. The molecule has 0 bridgehead atoms. The normalized spacial score (nSPS) is 17.9. The Morgan fingerprint density at radius 3 is 2.57 bits per heavy atom. The van der Waals surface area contributed by atoms with E-state index in [-0.39, 0.29) is 18.5 Å². The van der Waals surface area contributed by atoms with Crippen LogP contribution >= 0.6 is 0 Å². The maximum Gasteiger partial charge on any atom is 0.401 e. The molecule has 1 aliphatic heterocycles. The Balaban J connectivity index is 1.72. The van der Waals surface area contributed by atoms with Crippen LogP contribution in [0, 0.1) is 5.92 Å². The largest absolute Gasteiger partial charge is 0.461 e. The molecule has 2 heterocycles. The van der Waals surface area contributed by atoms with Gasteiger partial charge in [-0.15, -0.1) is 0 Å². The summed E-state index contributed by atoms with van der Waals surface area (Å²) in [6.07, 6.45) is -1.15. The molecule has 118 valence electrons. The fourth-order valence-corrected chi connectivity index (χ4v) is 2.51. The highest BCUT2D eigenvalue weighted by molar-refractivity contribution is 5.87. The Morgan fingerprint density at radius 1 is 1.38 bits per heavy atom. The van der Waals surface area contributed by atoms with Crippen LogP contribution in [-0.4, -0.2) is 47.9 Å². The standard InChI is InChI=1S/C14H19F3N2O2/c1-18-6-2-3-12(18)13(20)21-9-11-4-7-19(8-5-11)10-14(15,16)17/h2-3,6,11H,4-5,7-10H2,1H3. The van der Waals surface area contributed by atoms with Gasteiger partial charge < -0.3 is 9.30 Å². The molecule has 0 atom stereocenters. The van der Waals surface area contributed by atoms with Crippen molar-refractivity contribution in [3.05, 3.63) is 24.0 Å². The molecule has 21 heavy (non-hydrogen) atoms. The second kappa shape index (κ2) is 6.51. The van der Waals surface area contributed by atoms with Gasteiger partial charge in [-0.3, -0.25) is 4.90 Å². The molecule has 0 unspecified atom stereocenters. The third-order valence-corrected chi connectivity index (χ3v) is 3.71. The van der Waals surface area contributed by atoms with E-state index in [0.29, 0.717) is 31.6 Å². The zero-order valence-electron chi connectivity index (χ0n) is 11.9. The number of ether oxygens (including phenoxy) is 1. The number of hydrogen-bond donors (Lipinski definition) is 0. The summed E-state index contributed by atoms with van der Waals surface area (Å²) in [7, 11) is 1.76. The van der Waals surface area contributed by atoms with E-state index in [2.05, 4.69) is 0 Å². The minimum Gasteiger partial charge on any atom is -0.461 e. The number of rotatable bonds is 4. The highest BCUT2D eigenvalue weighted by Crippen LogP contribution is 2.22. The average Bonchev–Trinajstić information content (AvgIpc) is 2.82. The van der Waals surface area contributed by atoms with Gasteiger partial charge in [0.1, 0.15) is 5.69 Å².